The van der Waals surface area contributed by atoms with Crippen LogP contribution in [0.2, 0.25) is 0 Å². The molecule has 0 spiro atoms. The van der Waals surface area contributed by atoms with Crippen LogP contribution in [-0.2, 0) is 0 Å². The molecule has 0 bridgehead atoms. The lowest BCUT2D eigenvalue weighted by Gasteiger charge is -2.28. The van der Waals surface area contributed by atoms with E-state index < -0.39 is 178 Å². The molecule has 9 aromatic carbocycles. The van der Waals surface area contributed by atoms with Gasteiger partial charge in [0.25, 0.3) is 0 Å². The van der Waals surface area contributed by atoms with E-state index in [0.29, 0.717) is 27.5 Å². The van der Waals surface area contributed by atoms with Crippen molar-refractivity contribution in [1.29, 1.82) is 0 Å². The van der Waals surface area contributed by atoms with E-state index in [1.807, 2.05) is 36.4 Å². The van der Waals surface area contributed by atoms with Crippen molar-refractivity contribution in [2.24, 2.45) is 0 Å². The Morgan fingerprint density at radius 3 is 1.43 bits per heavy atom. The highest BCUT2D eigenvalue weighted by Crippen LogP contribution is 2.45. The normalized spacial score (nSPS) is 17.0. The Labute approximate surface area is 345 Å². The molecule has 0 aliphatic carbocycles. The molecule has 2 heteroatoms. The van der Waals surface area contributed by atoms with Crippen LogP contribution in [0, 0.1) is 0 Å². The van der Waals surface area contributed by atoms with Crippen LogP contribution in [-0.4, -0.2) is 0 Å². The van der Waals surface area contributed by atoms with Crippen molar-refractivity contribution in [1.82, 2.24) is 0 Å². The molecular weight excluding hydrogens is 655 g/mol. The zero-order valence-corrected chi connectivity index (χ0v) is 27.9. The largest absolute Gasteiger partial charge is 0.456 e. The maximum Gasteiger partial charge on any atom is 0.136 e. The second kappa shape index (κ2) is 13.4. The first-order valence-electron chi connectivity index (χ1n) is 27.6. The number of rotatable bonds is 7. The average Bonchev–Trinajstić information content (AvgIpc) is 3.82. The average molecular weight is 712 g/mol. The molecule has 0 unspecified atom stereocenters. The van der Waals surface area contributed by atoms with Gasteiger partial charge in [-0.15, -0.1) is 0 Å². The summed E-state index contributed by atoms with van der Waals surface area (Å²) in [5, 5.41) is 3.02. The standard InChI is InChI=1S/C52H35NO/c1-3-12-36(13-4-1)38-22-24-39(25-23-38)41-28-32-45(33-29-41)53(44-30-26-40(27-31-44)37-14-5-2-6-15-37)49-20-10-9-18-46(49)47-19-11-21-50-52(47)48-34-42-16-7-8-17-43(42)35-51(48)54-50/h1-35H/i1D,2D,3D,4D,5D,6D,12D,13D,14D,15D,22D,23D,24D,25D,26D,27D,28D,29D,30D,31D,32D,33D. The first-order chi connectivity index (χ1) is 35.9. The third-order valence-electron chi connectivity index (χ3n) is 8.84. The summed E-state index contributed by atoms with van der Waals surface area (Å²) in [7, 11) is 0. The number of fused-ring (bicyclic) bond motifs is 4. The summed E-state index contributed by atoms with van der Waals surface area (Å²) >= 11 is 0. The number of hydrogen-bond acceptors (Lipinski definition) is 2. The minimum atomic E-state index is -0.962. The third-order valence-corrected chi connectivity index (χ3v) is 8.84. The number of hydrogen-bond donors (Lipinski definition) is 0. The van der Waals surface area contributed by atoms with E-state index in [1.165, 1.54) is 12.1 Å². The van der Waals surface area contributed by atoms with Crippen LogP contribution in [0.3, 0.4) is 0 Å². The van der Waals surface area contributed by atoms with Crippen LogP contribution >= 0.6 is 0 Å². The Morgan fingerprint density at radius 1 is 0.389 bits per heavy atom. The van der Waals surface area contributed by atoms with Gasteiger partial charge < -0.3 is 9.32 Å². The fraction of sp³-hybridized carbons (Fsp3) is 0. The predicted octanol–water partition coefficient (Wildman–Crippen LogP) is 14.9. The summed E-state index contributed by atoms with van der Waals surface area (Å²) in [5.74, 6) is 0. The van der Waals surface area contributed by atoms with Gasteiger partial charge in [0.1, 0.15) is 11.2 Å². The van der Waals surface area contributed by atoms with E-state index in [-0.39, 0.29) is 11.3 Å². The summed E-state index contributed by atoms with van der Waals surface area (Å²) in [6.45, 7) is 0. The van der Waals surface area contributed by atoms with E-state index in [2.05, 4.69) is 0 Å². The maximum atomic E-state index is 9.72. The molecule has 1 aromatic heterocycles. The van der Waals surface area contributed by atoms with Crippen LogP contribution < -0.4 is 4.90 Å². The molecule has 0 N–H and O–H groups in total. The van der Waals surface area contributed by atoms with Crippen LogP contribution in [0.15, 0.2) is 216 Å². The van der Waals surface area contributed by atoms with E-state index in [1.54, 1.807) is 30.3 Å². The second-order valence-corrected chi connectivity index (χ2v) is 12.0. The van der Waals surface area contributed by atoms with Crippen molar-refractivity contribution in [3.8, 4) is 44.5 Å². The van der Waals surface area contributed by atoms with E-state index in [4.69, 9.17) is 23.6 Å². The zero-order valence-electron chi connectivity index (χ0n) is 49.9. The van der Waals surface area contributed by atoms with E-state index >= 15 is 0 Å². The molecule has 0 aliphatic rings. The fourth-order valence-electron chi connectivity index (χ4n) is 6.38. The van der Waals surface area contributed by atoms with Crippen molar-refractivity contribution in [3.05, 3.63) is 212 Å². The summed E-state index contributed by atoms with van der Waals surface area (Å²) in [6.07, 6.45) is 0. The number of anilines is 3. The van der Waals surface area contributed by atoms with Gasteiger partial charge in [0.15, 0.2) is 0 Å². The molecule has 0 saturated heterocycles. The molecule has 0 atom stereocenters. The Bertz CT molecular complexity index is 4080. The quantitative estimate of drug-likeness (QED) is 0.164. The van der Waals surface area contributed by atoms with Crippen LogP contribution in [0.25, 0.3) is 77.2 Å². The van der Waals surface area contributed by atoms with Crippen molar-refractivity contribution in [2.45, 2.75) is 0 Å². The van der Waals surface area contributed by atoms with Crippen molar-refractivity contribution < 1.29 is 34.6 Å². The molecule has 2 nitrogen and oxygen atoms in total. The molecule has 54 heavy (non-hydrogen) atoms. The third kappa shape index (κ3) is 5.71. The molecule has 254 valence electrons. The molecule has 0 aliphatic heterocycles. The van der Waals surface area contributed by atoms with Gasteiger partial charge in [0.05, 0.1) is 35.8 Å². The second-order valence-electron chi connectivity index (χ2n) is 12.0. The molecular formula is C52H35NO. The SMILES string of the molecule is [2H]c1c([2H])c([2H])c(-c2c([2H])c([2H])c(-c3c([2H])c([2H])c(N(c4ccccc4-c4cccc5oc6cc7ccccc7cc6c45)c4c([2H])c([2H])c(-c5c([2H])c([2H])c([2H])c([2H])c5[2H])c([2H])c4[2H])c([2H])c3[2H])c([2H])c2[2H])c([2H])c1[2H]. The van der Waals surface area contributed by atoms with Crippen molar-refractivity contribution in [3.63, 3.8) is 0 Å². The van der Waals surface area contributed by atoms with Gasteiger partial charge in [0.2, 0.25) is 0 Å². The predicted molar refractivity (Wildman–Crippen MR) is 228 cm³/mol. The lowest BCUT2D eigenvalue weighted by atomic mass is 9.96. The van der Waals surface area contributed by atoms with Gasteiger partial charge in [0, 0.05) is 27.7 Å². The maximum absolute atomic E-state index is 9.72. The van der Waals surface area contributed by atoms with Gasteiger partial charge in [-0.25, -0.2) is 0 Å². The smallest absolute Gasteiger partial charge is 0.136 e. The van der Waals surface area contributed by atoms with Gasteiger partial charge in [-0.1, -0.05) is 163 Å². The summed E-state index contributed by atoms with van der Waals surface area (Å²) in [4.78, 5) is 0.985. The Balaban J connectivity index is 1.29. The van der Waals surface area contributed by atoms with Crippen molar-refractivity contribution >= 4 is 49.8 Å². The Morgan fingerprint density at radius 2 is 0.852 bits per heavy atom. The number of nitrogens with zero attached hydrogens (tertiary/aromatic N) is 1. The van der Waals surface area contributed by atoms with Crippen LogP contribution in [0.5, 0.6) is 0 Å². The van der Waals surface area contributed by atoms with Gasteiger partial charge in [-0.2, -0.15) is 0 Å². The number of benzene rings is 9. The first kappa shape index (κ1) is 16.2. The highest BCUT2D eigenvalue weighted by molar-refractivity contribution is 6.16. The molecule has 0 saturated carbocycles. The topological polar surface area (TPSA) is 16.4 Å². The summed E-state index contributed by atoms with van der Waals surface area (Å²) in [5.41, 5.74) is -3.86. The lowest BCUT2D eigenvalue weighted by molar-refractivity contribution is 0.669. The van der Waals surface area contributed by atoms with E-state index in [0.717, 1.165) is 15.7 Å². The van der Waals surface area contributed by atoms with Gasteiger partial charge >= 0.3 is 0 Å². The highest BCUT2D eigenvalue weighted by Gasteiger charge is 2.21. The monoisotopic (exact) mass is 711 g/mol. The molecule has 1 heterocycles. The van der Waals surface area contributed by atoms with Crippen LogP contribution in [0.4, 0.5) is 17.1 Å². The molecule has 0 radical (unpaired) electrons. The van der Waals surface area contributed by atoms with Gasteiger partial charge in [-0.3, -0.25) is 0 Å². The van der Waals surface area contributed by atoms with Gasteiger partial charge in [-0.05, 0) is 98.2 Å². The van der Waals surface area contributed by atoms with Crippen LogP contribution in [0.1, 0.15) is 30.2 Å². The zero-order chi connectivity index (χ0) is 55.0. The highest BCUT2D eigenvalue weighted by atomic mass is 16.3. The molecule has 10 aromatic rings. The minimum absolute atomic E-state index is 0.0396. The molecule has 0 amide bonds. The minimum Gasteiger partial charge on any atom is -0.456 e. The first-order valence-corrected chi connectivity index (χ1v) is 16.6. The molecule has 0 fully saturated rings. The lowest BCUT2D eigenvalue weighted by Crippen LogP contribution is -2.11. The summed E-state index contributed by atoms with van der Waals surface area (Å²) < 4.78 is 203. The Kier molecular flexibility index (Phi) is 4.04. The Hall–Kier alpha value is -7.16. The van der Waals surface area contributed by atoms with Crippen molar-refractivity contribution in [2.75, 3.05) is 4.90 Å². The fourth-order valence-corrected chi connectivity index (χ4v) is 6.38. The number of furan rings is 1. The number of para-hydroxylation sites is 1. The summed E-state index contributed by atoms with van der Waals surface area (Å²) in [6, 6.07) is 3.67. The molecule has 10 rings (SSSR count). The van der Waals surface area contributed by atoms with E-state index in [9.17, 15) is 11.0 Å².